The monoisotopic (exact) mass is 279 g/mol. The van der Waals surface area contributed by atoms with Gasteiger partial charge < -0.3 is 16.4 Å². The molecule has 98 valence electrons. The first-order valence-electron chi connectivity index (χ1n) is 5.64. The van der Waals surface area contributed by atoms with Crippen LogP contribution < -0.4 is 16.4 Å². The zero-order chi connectivity index (χ0) is 11.5. The standard InChI is InChI=1S/C10H17N3O2S.ClH/c11-6-1-3-7(4-2-6)12-9(14)8-5-16-10(15)13-8;/h6-8H,1-5,11H2,(H,12,14)(H,13,15);1H/t6?,7?,8-;/m0./s1. The highest BCUT2D eigenvalue weighted by atomic mass is 35.5. The minimum atomic E-state index is -0.354. The van der Waals surface area contributed by atoms with Gasteiger partial charge in [-0.2, -0.15) is 0 Å². The van der Waals surface area contributed by atoms with E-state index in [1.165, 1.54) is 11.8 Å². The van der Waals surface area contributed by atoms with Crippen molar-refractivity contribution in [3.63, 3.8) is 0 Å². The predicted molar refractivity (Wildman–Crippen MR) is 70.4 cm³/mol. The Labute approximate surface area is 111 Å². The number of nitrogens with two attached hydrogens (primary N) is 1. The minimum Gasteiger partial charge on any atom is -0.352 e. The average Bonchev–Trinajstić information content (AvgIpc) is 2.68. The van der Waals surface area contributed by atoms with Crippen molar-refractivity contribution >= 4 is 35.3 Å². The Balaban J connectivity index is 0.00000144. The van der Waals surface area contributed by atoms with Crippen LogP contribution in [0.1, 0.15) is 25.7 Å². The van der Waals surface area contributed by atoms with E-state index in [9.17, 15) is 9.59 Å². The van der Waals surface area contributed by atoms with Crippen LogP contribution >= 0.6 is 24.2 Å². The van der Waals surface area contributed by atoms with Crippen LogP contribution in [0.2, 0.25) is 0 Å². The number of halogens is 1. The molecule has 17 heavy (non-hydrogen) atoms. The van der Waals surface area contributed by atoms with Gasteiger partial charge in [-0.1, -0.05) is 11.8 Å². The highest BCUT2D eigenvalue weighted by Gasteiger charge is 2.30. The zero-order valence-corrected chi connectivity index (χ0v) is 11.1. The quantitative estimate of drug-likeness (QED) is 0.692. The molecule has 5 nitrogen and oxygen atoms in total. The maximum absolute atomic E-state index is 11.8. The molecule has 1 saturated heterocycles. The Hall–Kier alpha value is -0.460. The van der Waals surface area contributed by atoms with Gasteiger partial charge in [0.15, 0.2) is 0 Å². The lowest BCUT2D eigenvalue weighted by atomic mass is 9.92. The second-order valence-electron chi connectivity index (χ2n) is 4.42. The molecule has 2 rings (SSSR count). The summed E-state index contributed by atoms with van der Waals surface area (Å²) in [5.41, 5.74) is 5.80. The van der Waals surface area contributed by atoms with E-state index in [4.69, 9.17) is 5.73 Å². The summed E-state index contributed by atoms with van der Waals surface area (Å²) in [5, 5.41) is 5.51. The zero-order valence-electron chi connectivity index (χ0n) is 9.48. The highest BCUT2D eigenvalue weighted by Crippen LogP contribution is 2.18. The van der Waals surface area contributed by atoms with Crippen LogP contribution in [0.4, 0.5) is 4.79 Å². The molecule has 1 saturated carbocycles. The first-order valence-corrected chi connectivity index (χ1v) is 6.63. The molecule has 7 heteroatoms. The second kappa shape index (κ2) is 6.47. The molecule has 0 aromatic heterocycles. The molecular formula is C10H18ClN3O2S. The molecule has 2 amide bonds. The first-order chi connectivity index (χ1) is 7.65. The van der Waals surface area contributed by atoms with Gasteiger partial charge in [0.1, 0.15) is 6.04 Å². The largest absolute Gasteiger partial charge is 0.352 e. The first kappa shape index (κ1) is 14.6. The minimum absolute atomic E-state index is 0. The molecule has 1 heterocycles. The Morgan fingerprint density at radius 2 is 2.00 bits per heavy atom. The summed E-state index contributed by atoms with van der Waals surface area (Å²) in [6.45, 7) is 0. The number of nitrogens with one attached hydrogen (secondary N) is 2. The molecule has 2 aliphatic rings. The molecule has 0 aromatic rings. The van der Waals surface area contributed by atoms with Gasteiger partial charge in [-0.15, -0.1) is 12.4 Å². The molecule has 0 bridgehead atoms. The van der Waals surface area contributed by atoms with Crippen molar-refractivity contribution < 1.29 is 9.59 Å². The van der Waals surface area contributed by atoms with E-state index >= 15 is 0 Å². The third-order valence-electron chi connectivity index (χ3n) is 3.11. The van der Waals surface area contributed by atoms with Crippen molar-refractivity contribution in [1.29, 1.82) is 0 Å². The molecule has 2 fully saturated rings. The summed E-state index contributed by atoms with van der Waals surface area (Å²) in [4.78, 5) is 22.7. The number of carbonyl (C=O) groups is 2. The van der Waals surface area contributed by atoms with Crippen LogP contribution in [-0.4, -0.2) is 35.0 Å². The molecule has 4 N–H and O–H groups in total. The molecule has 1 aliphatic carbocycles. The topological polar surface area (TPSA) is 84.2 Å². The molecule has 1 atom stereocenters. The Morgan fingerprint density at radius 3 is 2.53 bits per heavy atom. The Kier molecular flexibility index (Phi) is 5.55. The normalized spacial score (nSPS) is 32.5. The SMILES string of the molecule is Cl.NC1CCC(NC(=O)[C@@H]2CSC(=O)N2)CC1. The fourth-order valence-corrected chi connectivity index (χ4v) is 2.87. The summed E-state index contributed by atoms with van der Waals surface area (Å²) in [6, 6.07) is 0.165. The lowest BCUT2D eigenvalue weighted by Crippen LogP contribution is -2.48. The molecule has 1 aliphatic heterocycles. The third-order valence-corrected chi connectivity index (χ3v) is 3.99. The highest BCUT2D eigenvalue weighted by molar-refractivity contribution is 8.14. The summed E-state index contributed by atoms with van der Waals surface area (Å²) in [7, 11) is 0. The van der Waals surface area contributed by atoms with E-state index in [1.807, 2.05) is 0 Å². The third kappa shape index (κ3) is 4.04. The van der Waals surface area contributed by atoms with Crippen LogP contribution in [-0.2, 0) is 4.79 Å². The van der Waals surface area contributed by atoms with Crippen molar-refractivity contribution in [2.75, 3.05) is 5.75 Å². The lowest BCUT2D eigenvalue weighted by molar-refractivity contribution is -0.123. The smallest absolute Gasteiger partial charge is 0.279 e. The van der Waals surface area contributed by atoms with Crippen LogP contribution in [0.25, 0.3) is 0 Å². The van der Waals surface area contributed by atoms with E-state index in [-0.39, 0.29) is 41.7 Å². The predicted octanol–water partition coefficient (Wildman–Crippen LogP) is 0.619. The van der Waals surface area contributed by atoms with Crippen molar-refractivity contribution in [2.45, 2.75) is 43.8 Å². The summed E-state index contributed by atoms with van der Waals surface area (Å²) < 4.78 is 0. The van der Waals surface area contributed by atoms with Crippen LogP contribution in [0.15, 0.2) is 0 Å². The molecule has 0 aromatic carbocycles. The lowest BCUT2D eigenvalue weighted by Gasteiger charge is -2.27. The Bertz CT molecular complexity index is 295. The van der Waals surface area contributed by atoms with Crippen molar-refractivity contribution in [1.82, 2.24) is 10.6 Å². The summed E-state index contributed by atoms with van der Waals surface area (Å²) >= 11 is 1.17. The van der Waals surface area contributed by atoms with Crippen molar-refractivity contribution in [3.8, 4) is 0 Å². The number of amides is 2. The maximum Gasteiger partial charge on any atom is 0.279 e. The van der Waals surface area contributed by atoms with Crippen molar-refractivity contribution in [2.24, 2.45) is 5.73 Å². The maximum atomic E-state index is 11.8. The van der Waals surface area contributed by atoms with Crippen LogP contribution in [0.3, 0.4) is 0 Å². The number of rotatable bonds is 2. The molecule has 0 radical (unpaired) electrons. The van der Waals surface area contributed by atoms with Gasteiger partial charge in [-0.25, -0.2) is 0 Å². The van der Waals surface area contributed by atoms with Crippen LogP contribution in [0, 0.1) is 0 Å². The summed E-state index contributed by atoms with van der Waals surface area (Å²) in [6.07, 6.45) is 3.83. The number of hydrogen-bond acceptors (Lipinski definition) is 4. The number of thioether (sulfide) groups is 1. The van der Waals surface area contributed by atoms with Gasteiger partial charge in [-0.3, -0.25) is 9.59 Å². The Morgan fingerprint density at radius 1 is 1.35 bits per heavy atom. The average molecular weight is 280 g/mol. The van der Waals surface area contributed by atoms with Crippen LogP contribution in [0.5, 0.6) is 0 Å². The van der Waals surface area contributed by atoms with Gasteiger partial charge in [0, 0.05) is 17.8 Å². The second-order valence-corrected chi connectivity index (χ2v) is 5.41. The molecule has 0 spiro atoms. The fourth-order valence-electron chi connectivity index (χ4n) is 2.09. The summed E-state index contributed by atoms with van der Waals surface area (Å²) in [5.74, 6) is 0.482. The van der Waals surface area contributed by atoms with Gasteiger partial charge in [0.25, 0.3) is 5.24 Å². The van der Waals surface area contributed by atoms with Crippen molar-refractivity contribution in [3.05, 3.63) is 0 Å². The molecular weight excluding hydrogens is 262 g/mol. The van der Waals surface area contributed by atoms with Gasteiger partial charge >= 0.3 is 0 Å². The molecule has 0 unspecified atom stereocenters. The van der Waals surface area contributed by atoms with E-state index < -0.39 is 0 Å². The van der Waals surface area contributed by atoms with Gasteiger partial charge in [-0.05, 0) is 25.7 Å². The van der Waals surface area contributed by atoms with E-state index in [2.05, 4.69) is 10.6 Å². The van der Waals surface area contributed by atoms with Gasteiger partial charge in [0.05, 0.1) is 0 Å². The fraction of sp³-hybridized carbons (Fsp3) is 0.800. The van der Waals surface area contributed by atoms with Gasteiger partial charge in [0.2, 0.25) is 5.91 Å². The van der Waals surface area contributed by atoms with E-state index in [0.717, 1.165) is 25.7 Å². The number of carbonyl (C=O) groups excluding carboxylic acids is 2. The number of hydrogen-bond donors (Lipinski definition) is 3. The van der Waals surface area contributed by atoms with E-state index in [1.54, 1.807) is 0 Å². The van der Waals surface area contributed by atoms with E-state index in [0.29, 0.717) is 5.75 Å².